The fraction of sp³-hybridized carbons (Fsp3) is 0.0909. The van der Waals surface area contributed by atoms with E-state index in [0.717, 1.165) is 21.5 Å². The van der Waals surface area contributed by atoms with Crippen molar-refractivity contribution in [1.29, 1.82) is 0 Å². The molecular weight excluding hydrogens is 367 g/mol. The van der Waals surface area contributed by atoms with Crippen molar-refractivity contribution in [3.63, 3.8) is 0 Å². The maximum absolute atomic E-state index is 13.5. The quantitative estimate of drug-likeness (QED) is 0.727. The second-order valence-corrected chi connectivity index (χ2v) is 6.43. The Balaban J connectivity index is 2.15. The van der Waals surface area contributed by atoms with Gasteiger partial charge < -0.3 is 5.32 Å². The van der Waals surface area contributed by atoms with E-state index in [0.29, 0.717) is 10.9 Å². The standard InChI is InChI=1S/C11H6BrCl2F2NS/c12-7-3-6(18-11(7)14)4-17-10-8(13)1-5(15)2-9(10)16/h1-3,17H,4H2. The summed E-state index contributed by atoms with van der Waals surface area (Å²) in [7, 11) is 0. The predicted molar refractivity (Wildman–Crippen MR) is 75.7 cm³/mol. The van der Waals surface area contributed by atoms with Gasteiger partial charge in [-0.3, -0.25) is 0 Å². The molecule has 0 spiro atoms. The summed E-state index contributed by atoms with van der Waals surface area (Å²) in [5.41, 5.74) is 0.0821. The maximum Gasteiger partial charge on any atom is 0.150 e. The van der Waals surface area contributed by atoms with Gasteiger partial charge in [0.25, 0.3) is 0 Å². The molecule has 1 heterocycles. The van der Waals surface area contributed by atoms with Crippen molar-refractivity contribution in [3.05, 3.63) is 48.5 Å². The molecule has 0 fully saturated rings. The Kier molecular flexibility index (Phi) is 4.48. The molecule has 18 heavy (non-hydrogen) atoms. The lowest BCUT2D eigenvalue weighted by Gasteiger charge is -2.08. The van der Waals surface area contributed by atoms with Crippen LogP contribution in [0.1, 0.15) is 4.88 Å². The normalized spacial score (nSPS) is 10.7. The van der Waals surface area contributed by atoms with Crippen LogP contribution in [0.3, 0.4) is 0 Å². The van der Waals surface area contributed by atoms with Gasteiger partial charge in [-0.2, -0.15) is 0 Å². The van der Waals surface area contributed by atoms with E-state index in [9.17, 15) is 8.78 Å². The van der Waals surface area contributed by atoms with Gasteiger partial charge in [-0.25, -0.2) is 8.78 Å². The Labute approximate surface area is 125 Å². The van der Waals surface area contributed by atoms with Gasteiger partial charge in [0.15, 0.2) is 5.82 Å². The minimum absolute atomic E-state index is 0.00854. The molecule has 7 heteroatoms. The van der Waals surface area contributed by atoms with Crippen LogP contribution in [0.15, 0.2) is 22.7 Å². The lowest BCUT2D eigenvalue weighted by molar-refractivity contribution is 0.585. The first-order chi connectivity index (χ1) is 8.47. The molecule has 0 aliphatic carbocycles. The lowest BCUT2D eigenvalue weighted by Crippen LogP contribution is -2.01. The zero-order chi connectivity index (χ0) is 13.3. The molecule has 1 aromatic heterocycles. The molecule has 0 radical (unpaired) electrons. The summed E-state index contributed by atoms with van der Waals surface area (Å²) < 4.78 is 27.7. The van der Waals surface area contributed by atoms with Gasteiger partial charge in [-0.05, 0) is 28.1 Å². The number of rotatable bonds is 3. The molecule has 0 saturated carbocycles. The molecule has 96 valence electrons. The van der Waals surface area contributed by atoms with Crippen LogP contribution in [0.2, 0.25) is 9.36 Å². The molecule has 0 aliphatic heterocycles. The van der Waals surface area contributed by atoms with Crippen molar-refractivity contribution in [2.75, 3.05) is 5.32 Å². The van der Waals surface area contributed by atoms with Crippen molar-refractivity contribution in [2.24, 2.45) is 0 Å². The largest absolute Gasteiger partial charge is 0.377 e. The average molecular weight is 373 g/mol. The SMILES string of the molecule is Fc1cc(F)c(NCc2cc(Br)c(Cl)s2)c(Cl)c1. The second kappa shape index (κ2) is 5.74. The first kappa shape index (κ1) is 14.1. The van der Waals surface area contributed by atoms with Gasteiger partial charge in [0.2, 0.25) is 0 Å². The Morgan fingerprint density at radius 3 is 2.50 bits per heavy atom. The summed E-state index contributed by atoms with van der Waals surface area (Å²) in [4.78, 5) is 0.909. The highest BCUT2D eigenvalue weighted by Gasteiger charge is 2.11. The molecule has 2 rings (SSSR count). The molecule has 0 saturated heterocycles. The van der Waals surface area contributed by atoms with E-state index >= 15 is 0 Å². The van der Waals surface area contributed by atoms with Crippen LogP contribution in [-0.4, -0.2) is 0 Å². The van der Waals surface area contributed by atoms with Gasteiger partial charge in [-0.1, -0.05) is 23.2 Å². The number of benzene rings is 1. The first-order valence-electron chi connectivity index (χ1n) is 4.79. The van der Waals surface area contributed by atoms with Crippen molar-refractivity contribution < 1.29 is 8.78 Å². The van der Waals surface area contributed by atoms with Crippen LogP contribution >= 0.6 is 50.5 Å². The third-order valence-corrected chi connectivity index (χ3v) is 4.92. The van der Waals surface area contributed by atoms with Crippen LogP contribution in [-0.2, 0) is 6.54 Å². The first-order valence-corrected chi connectivity index (χ1v) is 7.16. The highest BCUT2D eigenvalue weighted by molar-refractivity contribution is 9.10. The molecule has 1 aromatic carbocycles. The Hall–Kier alpha value is -0.360. The topological polar surface area (TPSA) is 12.0 Å². The van der Waals surface area contributed by atoms with Crippen LogP contribution in [0.5, 0.6) is 0 Å². The fourth-order valence-electron chi connectivity index (χ4n) is 1.37. The predicted octanol–water partition coefficient (Wildman–Crippen LogP) is 5.71. The van der Waals surface area contributed by atoms with E-state index in [1.807, 2.05) is 6.07 Å². The molecule has 0 atom stereocenters. The third kappa shape index (κ3) is 3.15. The molecule has 1 nitrogen and oxygen atoms in total. The third-order valence-electron chi connectivity index (χ3n) is 2.14. The zero-order valence-electron chi connectivity index (χ0n) is 8.74. The smallest absolute Gasteiger partial charge is 0.150 e. The lowest BCUT2D eigenvalue weighted by atomic mass is 10.3. The van der Waals surface area contributed by atoms with E-state index in [1.165, 1.54) is 11.3 Å². The molecular formula is C11H6BrCl2F2NS. The van der Waals surface area contributed by atoms with Gasteiger partial charge in [-0.15, -0.1) is 11.3 Å². The highest BCUT2D eigenvalue weighted by Crippen LogP contribution is 2.33. The summed E-state index contributed by atoms with van der Waals surface area (Å²) in [6, 6.07) is 3.67. The van der Waals surface area contributed by atoms with Crippen molar-refractivity contribution in [3.8, 4) is 0 Å². The minimum Gasteiger partial charge on any atom is -0.377 e. The van der Waals surface area contributed by atoms with E-state index in [2.05, 4.69) is 21.2 Å². The zero-order valence-corrected chi connectivity index (χ0v) is 12.7. The summed E-state index contributed by atoms with van der Waals surface area (Å²) in [6.07, 6.45) is 0. The number of anilines is 1. The van der Waals surface area contributed by atoms with Crippen molar-refractivity contribution in [1.82, 2.24) is 0 Å². The number of halogens is 5. The van der Waals surface area contributed by atoms with Gasteiger partial charge in [0.05, 0.1) is 10.7 Å². The fourth-order valence-corrected chi connectivity index (χ4v) is 3.36. The van der Waals surface area contributed by atoms with E-state index in [4.69, 9.17) is 23.2 Å². The molecule has 2 aromatic rings. The van der Waals surface area contributed by atoms with Crippen LogP contribution < -0.4 is 5.32 Å². The molecule has 0 bridgehead atoms. The molecule has 0 aliphatic rings. The van der Waals surface area contributed by atoms with E-state index < -0.39 is 11.6 Å². The number of thiophene rings is 1. The summed E-state index contributed by atoms with van der Waals surface area (Å²) in [5, 5.41) is 2.83. The van der Waals surface area contributed by atoms with E-state index in [1.54, 1.807) is 0 Å². The Bertz CT molecular complexity index is 546. The number of hydrogen-bond acceptors (Lipinski definition) is 2. The van der Waals surface area contributed by atoms with Gasteiger partial charge in [0, 0.05) is 22.0 Å². The molecule has 0 amide bonds. The minimum atomic E-state index is -0.721. The van der Waals surface area contributed by atoms with Crippen LogP contribution in [0, 0.1) is 11.6 Å². The summed E-state index contributed by atoms with van der Waals surface area (Å²) in [6.45, 7) is 0.359. The van der Waals surface area contributed by atoms with Gasteiger partial charge >= 0.3 is 0 Å². The molecule has 1 N–H and O–H groups in total. The summed E-state index contributed by atoms with van der Waals surface area (Å²) in [5.74, 6) is -1.42. The average Bonchev–Trinajstić information content (AvgIpc) is 2.56. The van der Waals surface area contributed by atoms with Gasteiger partial charge in [0.1, 0.15) is 10.2 Å². The number of nitrogens with one attached hydrogen (secondary N) is 1. The Morgan fingerprint density at radius 2 is 1.94 bits per heavy atom. The summed E-state index contributed by atoms with van der Waals surface area (Å²) >= 11 is 16.3. The second-order valence-electron chi connectivity index (χ2n) is 3.43. The highest BCUT2D eigenvalue weighted by atomic mass is 79.9. The molecule has 0 unspecified atom stereocenters. The van der Waals surface area contributed by atoms with Crippen molar-refractivity contribution >= 4 is 56.2 Å². The number of hydrogen-bond donors (Lipinski definition) is 1. The van der Waals surface area contributed by atoms with E-state index in [-0.39, 0.29) is 10.7 Å². The van der Waals surface area contributed by atoms with Crippen molar-refractivity contribution in [2.45, 2.75) is 6.54 Å². The monoisotopic (exact) mass is 371 g/mol. The van der Waals surface area contributed by atoms with Crippen LogP contribution in [0.4, 0.5) is 14.5 Å². The maximum atomic E-state index is 13.5. The Morgan fingerprint density at radius 1 is 1.22 bits per heavy atom. The van der Waals surface area contributed by atoms with Crippen LogP contribution in [0.25, 0.3) is 0 Å².